The molecule has 1 nitrogen and oxygen atoms in total. The van der Waals surface area contributed by atoms with Gasteiger partial charge in [-0.25, -0.2) is 0 Å². The first-order valence-electron chi connectivity index (χ1n) is 3.82. The van der Waals surface area contributed by atoms with Gasteiger partial charge in [-0.2, -0.15) is 0 Å². The average molecular weight is 256 g/mol. The van der Waals surface area contributed by atoms with Crippen molar-refractivity contribution in [3.8, 4) is 0 Å². The van der Waals surface area contributed by atoms with Crippen LogP contribution in [0.1, 0.15) is 27.2 Å². The van der Waals surface area contributed by atoms with Gasteiger partial charge in [-0.3, -0.25) is 0 Å². The number of alkyl halides is 1. The number of halogens is 1. The Morgan fingerprint density at radius 1 is 1.30 bits per heavy atom. The van der Waals surface area contributed by atoms with Crippen molar-refractivity contribution in [3.05, 3.63) is 0 Å². The summed E-state index contributed by atoms with van der Waals surface area (Å²) in [6, 6.07) is 0. The normalized spacial score (nSPS) is 17.4. The van der Waals surface area contributed by atoms with Gasteiger partial charge < -0.3 is 5.11 Å². The van der Waals surface area contributed by atoms with Gasteiger partial charge in [-0.05, 0) is 18.3 Å². The summed E-state index contributed by atoms with van der Waals surface area (Å²) in [7, 11) is 0. The maximum Gasteiger partial charge on any atom is 0.0565 e. The number of hydrogen-bond donors (Lipinski definition) is 1. The molecular formula is C8H17IO. The zero-order valence-corrected chi connectivity index (χ0v) is 9.13. The molecule has 0 heterocycles. The van der Waals surface area contributed by atoms with E-state index in [-0.39, 0.29) is 6.10 Å². The van der Waals surface area contributed by atoms with E-state index in [1.807, 2.05) is 0 Å². The molecule has 0 spiro atoms. The largest absolute Gasteiger partial charge is 0.393 e. The van der Waals surface area contributed by atoms with E-state index < -0.39 is 0 Å². The van der Waals surface area contributed by atoms with Crippen LogP contribution < -0.4 is 0 Å². The van der Waals surface area contributed by atoms with Gasteiger partial charge in [0.2, 0.25) is 0 Å². The maximum atomic E-state index is 9.42. The molecule has 0 aromatic carbocycles. The topological polar surface area (TPSA) is 20.2 Å². The van der Waals surface area contributed by atoms with Crippen LogP contribution in [0.3, 0.4) is 0 Å². The Morgan fingerprint density at radius 2 is 1.80 bits per heavy atom. The minimum atomic E-state index is -0.107. The van der Waals surface area contributed by atoms with Gasteiger partial charge in [-0.1, -0.05) is 43.4 Å². The summed E-state index contributed by atoms with van der Waals surface area (Å²) in [4.78, 5) is 0. The van der Waals surface area contributed by atoms with Crippen LogP contribution in [0.4, 0.5) is 0 Å². The molecule has 0 aromatic rings. The minimum absolute atomic E-state index is 0.107. The van der Waals surface area contributed by atoms with Crippen LogP contribution in [0, 0.1) is 11.8 Å². The zero-order chi connectivity index (χ0) is 8.15. The van der Waals surface area contributed by atoms with Gasteiger partial charge in [0, 0.05) is 4.43 Å². The fourth-order valence-corrected chi connectivity index (χ4v) is 1.11. The van der Waals surface area contributed by atoms with Crippen molar-refractivity contribution in [2.24, 2.45) is 11.8 Å². The van der Waals surface area contributed by atoms with Crippen LogP contribution >= 0.6 is 22.6 Å². The standard InChI is InChI=1S/C8H17IO/c1-6(2)8(10)4-7(3)5-9/h6-8,10H,4-5H2,1-3H3. The molecule has 0 aliphatic rings. The molecule has 2 heteroatoms. The molecular weight excluding hydrogens is 239 g/mol. The Balaban J connectivity index is 3.46. The van der Waals surface area contributed by atoms with E-state index in [0.717, 1.165) is 10.8 Å². The van der Waals surface area contributed by atoms with E-state index in [4.69, 9.17) is 0 Å². The van der Waals surface area contributed by atoms with Crippen molar-refractivity contribution < 1.29 is 5.11 Å². The first-order valence-corrected chi connectivity index (χ1v) is 5.34. The molecule has 0 radical (unpaired) electrons. The fraction of sp³-hybridized carbons (Fsp3) is 1.00. The van der Waals surface area contributed by atoms with Gasteiger partial charge in [0.1, 0.15) is 0 Å². The van der Waals surface area contributed by atoms with Crippen LogP contribution in [-0.2, 0) is 0 Å². The molecule has 0 aliphatic heterocycles. The molecule has 0 saturated carbocycles. The minimum Gasteiger partial charge on any atom is -0.393 e. The first kappa shape index (κ1) is 10.7. The third kappa shape index (κ3) is 4.50. The summed E-state index contributed by atoms with van der Waals surface area (Å²) in [6.07, 6.45) is 0.838. The number of hydrogen-bond acceptors (Lipinski definition) is 1. The monoisotopic (exact) mass is 256 g/mol. The highest BCUT2D eigenvalue weighted by molar-refractivity contribution is 14.1. The summed E-state index contributed by atoms with van der Waals surface area (Å²) in [6.45, 7) is 6.30. The van der Waals surface area contributed by atoms with Crippen LogP contribution in [-0.4, -0.2) is 15.6 Å². The molecule has 0 aromatic heterocycles. The first-order chi connectivity index (χ1) is 4.57. The SMILES string of the molecule is CC(CI)CC(O)C(C)C. The quantitative estimate of drug-likeness (QED) is 0.605. The second-order valence-corrected chi connectivity index (χ2v) is 4.19. The Kier molecular flexibility index (Phi) is 5.72. The predicted octanol–water partition coefficient (Wildman–Crippen LogP) is 2.46. The molecule has 62 valence electrons. The predicted molar refractivity (Wildman–Crippen MR) is 53.5 cm³/mol. The molecule has 0 saturated heterocycles. The molecule has 0 rings (SSSR count). The Bertz CT molecular complexity index is 83.3. The summed E-state index contributed by atoms with van der Waals surface area (Å²) < 4.78 is 1.14. The highest BCUT2D eigenvalue weighted by Crippen LogP contribution is 2.14. The molecule has 10 heavy (non-hydrogen) atoms. The summed E-state index contributed by atoms with van der Waals surface area (Å²) in [5, 5.41) is 9.42. The lowest BCUT2D eigenvalue weighted by Gasteiger charge is -2.17. The number of aliphatic hydroxyl groups excluding tert-OH is 1. The van der Waals surface area contributed by atoms with E-state index in [9.17, 15) is 5.11 Å². The maximum absolute atomic E-state index is 9.42. The smallest absolute Gasteiger partial charge is 0.0565 e. The third-order valence-corrected chi connectivity index (χ3v) is 3.18. The van der Waals surface area contributed by atoms with Crippen LogP contribution in [0.2, 0.25) is 0 Å². The van der Waals surface area contributed by atoms with E-state index in [1.165, 1.54) is 0 Å². The molecule has 2 atom stereocenters. The fourth-order valence-electron chi connectivity index (χ4n) is 0.747. The molecule has 0 bridgehead atoms. The molecule has 0 aliphatic carbocycles. The van der Waals surface area contributed by atoms with Crippen molar-refractivity contribution in [1.29, 1.82) is 0 Å². The average Bonchev–Trinajstić information content (AvgIpc) is 1.87. The van der Waals surface area contributed by atoms with Gasteiger partial charge in [0.15, 0.2) is 0 Å². The highest BCUT2D eigenvalue weighted by Gasteiger charge is 2.12. The van der Waals surface area contributed by atoms with Crippen molar-refractivity contribution in [2.45, 2.75) is 33.3 Å². The van der Waals surface area contributed by atoms with Crippen molar-refractivity contribution in [2.75, 3.05) is 4.43 Å². The second-order valence-electron chi connectivity index (χ2n) is 3.31. The number of rotatable bonds is 4. The lowest BCUT2D eigenvalue weighted by Crippen LogP contribution is -2.18. The Morgan fingerprint density at radius 3 is 2.10 bits per heavy atom. The molecule has 0 amide bonds. The van der Waals surface area contributed by atoms with Crippen LogP contribution in [0.5, 0.6) is 0 Å². The Labute approximate surface area is 77.3 Å². The second kappa shape index (κ2) is 5.35. The van der Waals surface area contributed by atoms with E-state index in [0.29, 0.717) is 11.8 Å². The van der Waals surface area contributed by atoms with Crippen LogP contribution in [0.25, 0.3) is 0 Å². The summed E-state index contributed by atoms with van der Waals surface area (Å²) >= 11 is 2.36. The van der Waals surface area contributed by atoms with Gasteiger partial charge in [0.25, 0.3) is 0 Å². The van der Waals surface area contributed by atoms with E-state index in [1.54, 1.807) is 0 Å². The van der Waals surface area contributed by atoms with Gasteiger partial charge >= 0.3 is 0 Å². The lowest BCUT2D eigenvalue weighted by atomic mass is 9.98. The number of aliphatic hydroxyl groups is 1. The van der Waals surface area contributed by atoms with Gasteiger partial charge in [0.05, 0.1) is 6.10 Å². The third-order valence-electron chi connectivity index (χ3n) is 1.68. The lowest BCUT2D eigenvalue weighted by molar-refractivity contribution is 0.104. The van der Waals surface area contributed by atoms with Crippen molar-refractivity contribution in [1.82, 2.24) is 0 Å². The molecule has 1 N–H and O–H groups in total. The van der Waals surface area contributed by atoms with Crippen molar-refractivity contribution >= 4 is 22.6 Å². The Hall–Kier alpha value is 0.690. The summed E-state index contributed by atoms with van der Waals surface area (Å²) in [5.74, 6) is 1.06. The zero-order valence-electron chi connectivity index (χ0n) is 6.97. The van der Waals surface area contributed by atoms with Crippen molar-refractivity contribution in [3.63, 3.8) is 0 Å². The molecule has 2 unspecified atom stereocenters. The van der Waals surface area contributed by atoms with Gasteiger partial charge in [-0.15, -0.1) is 0 Å². The van der Waals surface area contributed by atoms with Crippen LogP contribution in [0.15, 0.2) is 0 Å². The van der Waals surface area contributed by atoms with E-state index in [2.05, 4.69) is 43.4 Å². The highest BCUT2D eigenvalue weighted by atomic mass is 127. The van der Waals surface area contributed by atoms with E-state index >= 15 is 0 Å². The molecule has 0 fully saturated rings. The summed E-state index contributed by atoms with van der Waals surface area (Å²) in [5.41, 5.74) is 0.